The zero-order valence-corrected chi connectivity index (χ0v) is 11.6. The molecule has 1 unspecified atom stereocenters. The third-order valence-corrected chi connectivity index (χ3v) is 4.78. The van der Waals surface area contributed by atoms with E-state index in [1.807, 2.05) is 0 Å². The number of nitrogens with zero attached hydrogens (tertiary/aromatic N) is 1. The fourth-order valence-electron chi connectivity index (χ4n) is 2.24. The van der Waals surface area contributed by atoms with Crippen molar-refractivity contribution in [2.24, 2.45) is 0 Å². The Morgan fingerprint density at radius 2 is 1.93 bits per heavy atom. The van der Waals surface area contributed by atoms with Crippen LogP contribution in [0.3, 0.4) is 0 Å². The molecule has 0 spiro atoms. The molecule has 0 amide bonds. The number of thiophene rings is 1. The predicted octanol–water partition coefficient (Wildman–Crippen LogP) is 4.45. The maximum Gasteiger partial charge on any atom is 0.0701 e. The van der Waals surface area contributed by atoms with Gasteiger partial charge in [0.25, 0.3) is 0 Å². The van der Waals surface area contributed by atoms with Crippen molar-refractivity contribution in [1.82, 2.24) is 4.90 Å². The third-order valence-electron chi connectivity index (χ3n) is 3.26. The second-order valence-electron chi connectivity index (χ2n) is 4.31. The summed E-state index contributed by atoms with van der Waals surface area (Å²) in [5.41, 5.74) is 1.47. The minimum atomic E-state index is 0.589. The van der Waals surface area contributed by atoms with Crippen LogP contribution in [0.25, 0.3) is 0 Å². The van der Waals surface area contributed by atoms with E-state index in [0.29, 0.717) is 6.04 Å². The highest BCUT2D eigenvalue weighted by atomic mass is 79.9. The van der Waals surface area contributed by atoms with E-state index in [0.717, 1.165) is 0 Å². The van der Waals surface area contributed by atoms with Gasteiger partial charge in [-0.1, -0.05) is 12.8 Å². The molecule has 1 atom stereocenters. The smallest absolute Gasteiger partial charge is 0.0701 e. The zero-order chi connectivity index (χ0) is 10.7. The van der Waals surface area contributed by atoms with Gasteiger partial charge < -0.3 is 0 Å². The van der Waals surface area contributed by atoms with Crippen LogP contribution in [0.15, 0.2) is 15.2 Å². The van der Waals surface area contributed by atoms with Crippen molar-refractivity contribution in [2.45, 2.75) is 38.6 Å². The first-order valence-corrected chi connectivity index (χ1v) is 7.42. The van der Waals surface area contributed by atoms with E-state index in [9.17, 15) is 0 Å². The van der Waals surface area contributed by atoms with Gasteiger partial charge in [0.1, 0.15) is 0 Å². The molecule has 1 aromatic heterocycles. The van der Waals surface area contributed by atoms with E-state index in [1.165, 1.54) is 48.1 Å². The Kier molecular flexibility index (Phi) is 4.23. The van der Waals surface area contributed by atoms with Gasteiger partial charge in [-0.05, 0) is 65.8 Å². The van der Waals surface area contributed by atoms with E-state index in [1.54, 1.807) is 11.3 Å². The maximum atomic E-state index is 3.54. The molecule has 1 aliphatic rings. The molecule has 3 heteroatoms. The van der Waals surface area contributed by atoms with Crippen molar-refractivity contribution in [2.75, 3.05) is 13.1 Å². The molecule has 1 aliphatic heterocycles. The van der Waals surface area contributed by atoms with Crippen LogP contribution in [-0.4, -0.2) is 18.0 Å². The topological polar surface area (TPSA) is 3.24 Å². The number of halogens is 1. The number of hydrogen-bond acceptors (Lipinski definition) is 2. The molecule has 2 rings (SSSR count). The molecule has 0 aliphatic carbocycles. The highest BCUT2D eigenvalue weighted by molar-refractivity contribution is 9.11. The highest BCUT2D eigenvalue weighted by Crippen LogP contribution is 2.29. The Balaban J connectivity index is 2.02. The summed E-state index contributed by atoms with van der Waals surface area (Å²) >= 11 is 5.33. The van der Waals surface area contributed by atoms with Gasteiger partial charge in [-0.25, -0.2) is 0 Å². The minimum Gasteiger partial charge on any atom is -0.297 e. The molecule has 1 nitrogen and oxygen atoms in total. The van der Waals surface area contributed by atoms with Crippen LogP contribution in [0.4, 0.5) is 0 Å². The molecule has 1 fully saturated rings. The van der Waals surface area contributed by atoms with Crippen molar-refractivity contribution < 1.29 is 0 Å². The third kappa shape index (κ3) is 3.05. The summed E-state index contributed by atoms with van der Waals surface area (Å²) in [6.45, 7) is 4.88. The zero-order valence-electron chi connectivity index (χ0n) is 9.21. The Morgan fingerprint density at radius 3 is 2.47 bits per heavy atom. The molecule has 84 valence electrons. The lowest BCUT2D eigenvalue weighted by Gasteiger charge is -2.26. The standard InChI is InChI=1S/C12H18BrNS/c1-10(11-8-12(13)15-9-11)14-6-4-2-3-5-7-14/h8-10H,2-7H2,1H3. The Morgan fingerprint density at radius 1 is 1.27 bits per heavy atom. The van der Waals surface area contributed by atoms with Gasteiger partial charge >= 0.3 is 0 Å². The van der Waals surface area contributed by atoms with Crippen LogP contribution in [0.1, 0.15) is 44.2 Å². The van der Waals surface area contributed by atoms with E-state index in [4.69, 9.17) is 0 Å². The summed E-state index contributed by atoms with van der Waals surface area (Å²) < 4.78 is 1.25. The van der Waals surface area contributed by atoms with Crippen molar-refractivity contribution in [3.05, 3.63) is 20.8 Å². The molecule has 0 radical (unpaired) electrons. The molecule has 0 saturated carbocycles. The summed E-state index contributed by atoms with van der Waals surface area (Å²) in [6, 6.07) is 2.85. The van der Waals surface area contributed by atoms with Crippen molar-refractivity contribution in [3.8, 4) is 0 Å². The molecule has 0 N–H and O–H groups in total. The second-order valence-corrected chi connectivity index (χ2v) is 6.60. The van der Waals surface area contributed by atoms with E-state index < -0.39 is 0 Å². The first-order valence-electron chi connectivity index (χ1n) is 5.75. The number of rotatable bonds is 2. The van der Waals surface area contributed by atoms with Crippen LogP contribution in [0.2, 0.25) is 0 Å². The minimum absolute atomic E-state index is 0.589. The number of hydrogen-bond donors (Lipinski definition) is 0. The van der Waals surface area contributed by atoms with E-state index in [2.05, 4.69) is 39.2 Å². The fraction of sp³-hybridized carbons (Fsp3) is 0.667. The van der Waals surface area contributed by atoms with Crippen molar-refractivity contribution in [3.63, 3.8) is 0 Å². The average Bonchev–Trinajstić information content (AvgIpc) is 2.53. The Labute approximate surface area is 105 Å². The lowest BCUT2D eigenvalue weighted by atomic mass is 10.1. The van der Waals surface area contributed by atoms with Gasteiger partial charge in [-0.2, -0.15) is 0 Å². The normalized spacial score (nSPS) is 21.2. The summed E-state index contributed by atoms with van der Waals surface area (Å²) in [5.74, 6) is 0. The Bertz CT molecular complexity index is 302. The van der Waals surface area contributed by atoms with Crippen molar-refractivity contribution in [1.29, 1.82) is 0 Å². The Hall–Kier alpha value is 0.140. The first kappa shape index (κ1) is 11.6. The van der Waals surface area contributed by atoms with Gasteiger partial charge in [-0.3, -0.25) is 4.90 Å². The summed E-state index contributed by atoms with van der Waals surface area (Å²) in [7, 11) is 0. The lowest BCUT2D eigenvalue weighted by Crippen LogP contribution is -2.27. The maximum absolute atomic E-state index is 3.54. The largest absolute Gasteiger partial charge is 0.297 e. The molecule has 15 heavy (non-hydrogen) atoms. The predicted molar refractivity (Wildman–Crippen MR) is 70.5 cm³/mol. The van der Waals surface area contributed by atoms with Gasteiger partial charge in [0, 0.05) is 6.04 Å². The quantitative estimate of drug-likeness (QED) is 0.777. The van der Waals surface area contributed by atoms with Gasteiger partial charge in [0.05, 0.1) is 3.79 Å². The van der Waals surface area contributed by atoms with Gasteiger partial charge in [0.15, 0.2) is 0 Å². The highest BCUT2D eigenvalue weighted by Gasteiger charge is 2.17. The first-order chi connectivity index (χ1) is 7.27. The average molecular weight is 288 g/mol. The summed E-state index contributed by atoms with van der Waals surface area (Å²) in [6.07, 6.45) is 5.57. The van der Waals surface area contributed by atoms with Crippen LogP contribution < -0.4 is 0 Å². The molecular weight excluding hydrogens is 270 g/mol. The molecule has 1 aromatic rings. The molecular formula is C12H18BrNS. The summed E-state index contributed by atoms with van der Waals surface area (Å²) in [5, 5.41) is 2.28. The van der Waals surface area contributed by atoms with E-state index in [-0.39, 0.29) is 0 Å². The molecule has 0 aromatic carbocycles. The summed E-state index contributed by atoms with van der Waals surface area (Å²) in [4.78, 5) is 2.63. The molecule has 1 saturated heterocycles. The van der Waals surface area contributed by atoms with Crippen molar-refractivity contribution >= 4 is 27.3 Å². The van der Waals surface area contributed by atoms with Crippen LogP contribution in [0, 0.1) is 0 Å². The van der Waals surface area contributed by atoms with Crippen LogP contribution in [-0.2, 0) is 0 Å². The van der Waals surface area contributed by atoms with Gasteiger partial charge in [-0.15, -0.1) is 11.3 Å². The monoisotopic (exact) mass is 287 g/mol. The number of likely N-dealkylation sites (tertiary alicyclic amines) is 1. The van der Waals surface area contributed by atoms with Gasteiger partial charge in [0.2, 0.25) is 0 Å². The lowest BCUT2D eigenvalue weighted by molar-refractivity contribution is 0.219. The van der Waals surface area contributed by atoms with Crippen LogP contribution in [0.5, 0.6) is 0 Å². The fourth-order valence-corrected chi connectivity index (χ4v) is 3.50. The molecule has 0 bridgehead atoms. The SMILES string of the molecule is CC(c1csc(Br)c1)N1CCCCCC1. The second kappa shape index (κ2) is 5.46. The molecule has 2 heterocycles. The van der Waals surface area contributed by atoms with E-state index >= 15 is 0 Å². The van der Waals surface area contributed by atoms with Crippen LogP contribution >= 0.6 is 27.3 Å².